The van der Waals surface area contributed by atoms with E-state index in [-0.39, 0.29) is 17.7 Å². The molecule has 0 aromatic rings. The Labute approximate surface area is 107 Å². The predicted octanol–water partition coefficient (Wildman–Crippen LogP) is 1.50. The van der Waals surface area contributed by atoms with Gasteiger partial charge < -0.3 is 10.2 Å². The van der Waals surface area contributed by atoms with E-state index in [4.69, 9.17) is 11.6 Å². The van der Waals surface area contributed by atoms with E-state index in [2.05, 4.69) is 5.32 Å². The fourth-order valence-electron chi connectivity index (χ4n) is 1.82. The summed E-state index contributed by atoms with van der Waals surface area (Å²) in [6.07, 6.45) is 2.92. The zero-order valence-corrected chi connectivity index (χ0v) is 11.0. The predicted molar refractivity (Wildman–Crippen MR) is 67.6 cm³/mol. The lowest BCUT2D eigenvalue weighted by Crippen LogP contribution is -2.48. The number of nitrogens with one attached hydrogen (secondary N) is 1. The highest BCUT2D eigenvalue weighted by Crippen LogP contribution is 2.14. The van der Waals surface area contributed by atoms with Crippen LogP contribution >= 0.6 is 11.6 Å². The highest BCUT2D eigenvalue weighted by atomic mass is 35.5. The molecule has 0 spiro atoms. The summed E-state index contributed by atoms with van der Waals surface area (Å²) in [5.41, 5.74) is 1.39. The van der Waals surface area contributed by atoms with Crippen LogP contribution in [0.25, 0.3) is 0 Å². The van der Waals surface area contributed by atoms with Crippen LogP contribution in [0.2, 0.25) is 0 Å². The number of hydrogen-bond donors (Lipinski definition) is 1. The van der Waals surface area contributed by atoms with Crippen LogP contribution in [0.15, 0.2) is 11.6 Å². The zero-order chi connectivity index (χ0) is 12.8. The van der Waals surface area contributed by atoms with Crippen molar-refractivity contribution < 1.29 is 9.59 Å². The smallest absolute Gasteiger partial charge is 0.245 e. The second-order valence-corrected chi connectivity index (χ2v) is 4.58. The summed E-state index contributed by atoms with van der Waals surface area (Å²) in [7, 11) is 0. The molecule has 2 atom stereocenters. The molecule has 2 unspecified atom stereocenters. The molecule has 1 N–H and O–H groups in total. The van der Waals surface area contributed by atoms with Crippen molar-refractivity contribution in [2.45, 2.75) is 32.7 Å². The standard InChI is InChI=1S/C12H19ClN2O2/c1-3-9(2)11-12(17)15(7-4-6-13)8-5-10(16)14-11/h4,6,9,11H,3,5,7-8H2,1-2H3,(H,14,16)/b6-4+. The molecule has 1 heterocycles. The SMILES string of the molecule is CCC(C)C1NC(=O)CCN(C/C=C/Cl)C1=O. The van der Waals surface area contributed by atoms with E-state index in [1.54, 1.807) is 11.0 Å². The molecule has 1 aliphatic rings. The zero-order valence-electron chi connectivity index (χ0n) is 10.3. The first-order valence-electron chi connectivity index (χ1n) is 5.93. The number of hydrogen-bond acceptors (Lipinski definition) is 2. The largest absolute Gasteiger partial charge is 0.344 e. The van der Waals surface area contributed by atoms with E-state index in [1.807, 2.05) is 13.8 Å². The Morgan fingerprint density at radius 1 is 1.59 bits per heavy atom. The minimum Gasteiger partial charge on any atom is -0.344 e. The molecule has 0 aliphatic carbocycles. The highest BCUT2D eigenvalue weighted by molar-refractivity contribution is 6.25. The van der Waals surface area contributed by atoms with Gasteiger partial charge in [0.25, 0.3) is 0 Å². The van der Waals surface area contributed by atoms with Crippen LogP contribution in [-0.4, -0.2) is 35.8 Å². The molecular formula is C12H19ClN2O2. The molecule has 96 valence electrons. The van der Waals surface area contributed by atoms with E-state index < -0.39 is 6.04 Å². The molecule has 0 radical (unpaired) electrons. The molecule has 2 amide bonds. The molecule has 0 aromatic heterocycles. The number of halogens is 1. The second-order valence-electron chi connectivity index (χ2n) is 4.33. The van der Waals surface area contributed by atoms with Crippen LogP contribution in [0, 0.1) is 5.92 Å². The van der Waals surface area contributed by atoms with E-state index in [9.17, 15) is 9.59 Å². The Bertz CT molecular complexity index is 318. The van der Waals surface area contributed by atoms with Crippen molar-refractivity contribution >= 4 is 23.4 Å². The number of rotatable bonds is 4. The maximum atomic E-state index is 12.2. The Balaban J connectivity index is 2.80. The second kappa shape index (κ2) is 6.64. The maximum Gasteiger partial charge on any atom is 0.245 e. The minimum absolute atomic E-state index is 0.0139. The molecular weight excluding hydrogens is 240 g/mol. The Morgan fingerprint density at radius 2 is 2.29 bits per heavy atom. The van der Waals surface area contributed by atoms with Gasteiger partial charge in [0.1, 0.15) is 6.04 Å². The number of carbonyl (C=O) groups excluding carboxylic acids is 2. The lowest BCUT2D eigenvalue weighted by Gasteiger charge is -2.26. The molecule has 1 rings (SSSR count). The van der Waals surface area contributed by atoms with Crippen molar-refractivity contribution in [1.29, 1.82) is 0 Å². The van der Waals surface area contributed by atoms with Gasteiger partial charge in [-0.1, -0.05) is 37.9 Å². The van der Waals surface area contributed by atoms with Crippen LogP contribution in [-0.2, 0) is 9.59 Å². The molecule has 0 saturated carbocycles. The first kappa shape index (κ1) is 14.0. The maximum absolute atomic E-state index is 12.2. The average molecular weight is 259 g/mol. The number of amides is 2. The Morgan fingerprint density at radius 3 is 2.88 bits per heavy atom. The van der Waals surface area contributed by atoms with Gasteiger partial charge in [-0.2, -0.15) is 0 Å². The monoisotopic (exact) mass is 258 g/mol. The van der Waals surface area contributed by atoms with E-state index in [1.165, 1.54) is 5.54 Å². The molecule has 1 saturated heterocycles. The molecule has 0 aromatic carbocycles. The van der Waals surface area contributed by atoms with Gasteiger partial charge in [0.2, 0.25) is 11.8 Å². The average Bonchev–Trinajstić information content (AvgIpc) is 2.47. The van der Waals surface area contributed by atoms with Gasteiger partial charge in [0, 0.05) is 25.0 Å². The van der Waals surface area contributed by atoms with Gasteiger partial charge in [-0.3, -0.25) is 9.59 Å². The van der Waals surface area contributed by atoms with Gasteiger partial charge in [-0.05, 0) is 5.92 Å². The van der Waals surface area contributed by atoms with Gasteiger partial charge in [0.15, 0.2) is 0 Å². The Kier molecular flexibility index (Phi) is 5.48. The fourth-order valence-corrected chi connectivity index (χ4v) is 1.90. The molecule has 4 nitrogen and oxygen atoms in total. The quantitative estimate of drug-likeness (QED) is 0.831. The summed E-state index contributed by atoms with van der Waals surface area (Å²) in [5.74, 6) is 0.0769. The molecule has 1 aliphatic heterocycles. The summed E-state index contributed by atoms with van der Waals surface area (Å²) in [5, 5.41) is 2.80. The molecule has 1 fully saturated rings. The summed E-state index contributed by atoms with van der Waals surface area (Å²) in [6.45, 7) is 4.91. The van der Waals surface area contributed by atoms with Gasteiger partial charge in [0.05, 0.1) is 0 Å². The lowest BCUT2D eigenvalue weighted by molar-refractivity contribution is -0.134. The summed E-state index contributed by atoms with van der Waals surface area (Å²) >= 11 is 5.46. The normalized spacial score (nSPS) is 23.7. The molecule has 17 heavy (non-hydrogen) atoms. The third-order valence-electron chi connectivity index (χ3n) is 3.13. The number of carbonyl (C=O) groups is 2. The minimum atomic E-state index is -0.404. The van der Waals surface area contributed by atoms with E-state index in [0.717, 1.165) is 6.42 Å². The van der Waals surface area contributed by atoms with Crippen molar-refractivity contribution in [3.05, 3.63) is 11.6 Å². The van der Waals surface area contributed by atoms with Crippen LogP contribution in [0.4, 0.5) is 0 Å². The van der Waals surface area contributed by atoms with Gasteiger partial charge in [-0.25, -0.2) is 0 Å². The molecule has 5 heteroatoms. The summed E-state index contributed by atoms with van der Waals surface area (Å²) in [6, 6.07) is -0.404. The van der Waals surface area contributed by atoms with Crippen molar-refractivity contribution in [3.8, 4) is 0 Å². The van der Waals surface area contributed by atoms with Crippen molar-refractivity contribution in [3.63, 3.8) is 0 Å². The van der Waals surface area contributed by atoms with Crippen LogP contribution < -0.4 is 5.32 Å². The first-order valence-corrected chi connectivity index (χ1v) is 6.37. The highest BCUT2D eigenvalue weighted by Gasteiger charge is 2.32. The van der Waals surface area contributed by atoms with Crippen LogP contribution in [0.3, 0.4) is 0 Å². The first-order chi connectivity index (χ1) is 8.10. The fraction of sp³-hybridized carbons (Fsp3) is 0.667. The van der Waals surface area contributed by atoms with Crippen molar-refractivity contribution in [1.82, 2.24) is 10.2 Å². The number of nitrogens with zero attached hydrogens (tertiary/aromatic N) is 1. The molecule has 0 bridgehead atoms. The van der Waals surface area contributed by atoms with E-state index in [0.29, 0.717) is 19.5 Å². The third kappa shape index (κ3) is 3.73. The lowest BCUT2D eigenvalue weighted by atomic mass is 9.98. The van der Waals surface area contributed by atoms with Crippen molar-refractivity contribution in [2.24, 2.45) is 5.92 Å². The summed E-state index contributed by atoms with van der Waals surface area (Å²) in [4.78, 5) is 25.5. The third-order valence-corrected chi connectivity index (χ3v) is 3.31. The van der Waals surface area contributed by atoms with Gasteiger partial charge in [-0.15, -0.1) is 0 Å². The topological polar surface area (TPSA) is 49.4 Å². The summed E-state index contributed by atoms with van der Waals surface area (Å²) < 4.78 is 0. The van der Waals surface area contributed by atoms with Crippen molar-refractivity contribution in [2.75, 3.05) is 13.1 Å². The van der Waals surface area contributed by atoms with Crippen LogP contribution in [0.5, 0.6) is 0 Å². The Hall–Kier alpha value is -1.03. The van der Waals surface area contributed by atoms with E-state index >= 15 is 0 Å². The van der Waals surface area contributed by atoms with Crippen LogP contribution in [0.1, 0.15) is 26.7 Å². The van der Waals surface area contributed by atoms with Gasteiger partial charge >= 0.3 is 0 Å².